The number of hydrogen-bond acceptors (Lipinski definition) is 5. The maximum Gasteiger partial charge on any atom is 0.337 e. The Morgan fingerprint density at radius 1 is 1.24 bits per heavy atom. The second-order valence-corrected chi connectivity index (χ2v) is 6.76. The molecular formula is C18H14ClNO4S. The van der Waals surface area contributed by atoms with Gasteiger partial charge in [-0.2, -0.15) is 0 Å². The molecule has 0 saturated heterocycles. The number of thiophene rings is 1. The summed E-state index contributed by atoms with van der Waals surface area (Å²) in [6.45, 7) is 0.350. The predicted molar refractivity (Wildman–Crippen MR) is 98.9 cm³/mol. The number of fused-ring (bicyclic) bond motifs is 1. The molecule has 0 amide bonds. The third-order valence-electron chi connectivity index (χ3n) is 3.71. The molecule has 2 N–H and O–H groups in total. The Balaban J connectivity index is 1.91. The molecule has 0 aliphatic rings. The van der Waals surface area contributed by atoms with E-state index in [1.54, 1.807) is 0 Å². The lowest BCUT2D eigenvalue weighted by Gasteiger charge is -2.10. The maximum atomic E-state index is 11.7. The summed E-state index contributed by atoms with van der Waals surface area (Å²) in [5.41, 5.74) is 0.686. The zero-order valence-electron chi connectivity index (χ0n) is 13.2. The van der Waals surface area contributed by atoms with Crippen LogP contribution in [0.15, 0.2) is 42.5 Å². The Kier molecular flexibility index (Phi) is 4.92. The van der Waals surface area contributed by atoms with Crippen LogP contribution in [0.3, 0.4) is 0 Å². The molecule has 25 heavy (non-hydrogen) atoms. The van der Waals surface area contributed by atoms with E-state index in [9.17, 15) is 14.7 Å². The summed E-state index contributed by atoms with van der Waals surface area (Å²) >= 11 is 7.95. The first-order valence-electron chi connectivity index (χ1n) is 7.36. The number of benzene rings is 2. The minimum Gasteiger partial charge on any atom is -0.478 e. The molecule has 3 aromatic rings. The zero-order chi connectivity index (χ0) is 18.0. The van der Waals surface area contributed by atoms with E-state index in [0.29, 0.717) is 17.3 Å². The average Bonchev–Trinajstić information content (AvgIpc) is 2.95. The second kappa shape index (κ2) is 7.13. The van der Waals surface area contributed by atoms with Crippen LogP contribution in [0.1, 0.15) is 25.6 Å². The highest BCUT2D eigenvalue weighted by Crippen LogP contribution is 2.35. The Morgan fingerprint density at radius 3 is 2.68 bits per heavy atom. The van der Waals surface area contributed by atoms with Crippen molar-refractivity contribution in [2.45, 2.75) is 6.54 Å². The number of nitrogens with one attached hydrogen (secondary N) is 1. The van der Waals surface area contributed by atoms with Gasteiger partial charge in [0.15, 0.2) is 0 Å². The van der Waals surface area contributed by atoms with E-state index >= 15 is 0 Å². The summed E-state index contributed by atoms with van der Waals surface area (Å²) in [7, 11) is 1.28. The molecule has 1 aromatic heterocycles. The molecule has 0 aliphatic carbocycles. The van der Waals surface area contributed by atoms with Crippen molar-refractivity contribution in [3.8, 4) is 0 Å². The Morgan fingerprint density at radius 2 is 2.00 bits per heavy atom. The Labute approximate surface area is 152 Å². The lowest BCUT2D eigenvalue weighted by molar-refractivity contribution is 0.0598. The van der Waals surface area contributed by atoms with Crippen molar-refractivity contribution in [2.75, 3.05) is 12.4 Å². The number of carboxylic acids is 1. The number of methoxy groups -OCH3 is 1. The molecule has 0 spiro atoms. The molecule has 5 nitrogen and oxygen atoms in total. The van der Waals surface area contributed by atoms with Gasteiger partial charge in [0.2, 0.25) is 0 Å². The molecule has 3 rings (SSSR count). The number of hydrogen-bond donors (Lipinski definition) is 2. The fraction of sp³-hybridized carbons (Fsp3) is 0.111. The Bertz CT molecular complexity index is 967. The standard InChI is InChI=1S/C18H14ClNO4S/c1-24-18(23)10-6-7-11(17(21)22)13(8-10)20-9-15-16(19)12-4-2-3-5-14(12)25-15/h2-8,20H,9H2,1H3,(H,21,22). The third-order valence-corrected chi connectivity index (χ3v) is 5.43. The smallest absolute Gasteiger partial charge is 0.337 e. The van der Waals surface area contributed by atoms with Crippen LogP contribution in [0, 0.1) is 0 Å². The molecule has 2 aromatic carbocycles. The average molecular weight is 376 g/mol. The molecule has 0 fully saturated rings. The summed E-state index contributed by atoms with van der Waals surface area (Å²) in [6.07, 6.45) is 0. The van der Waals surface area contributed by atoms with Crippen LogP contribution in [0.4, 0.5) is 5.69 Å². The van der Waals surface area contributed by atoms with Gasteiger partial charge in [-0.3, -0.25) is 0 Å². The van der Waals surface area contributed by atoms with Crippen LogP contribution in [-0.4, -0.2) is 24.2 Å². The van der Waals surface area contributed by atoms with Gasteiger partial charge in [-0.15, -0.1) is 11.3 Å². The molecule has 0 aliphatic heterocycles. The van der Waals surface area contributed by atoms with E-state index in [2.05, 4.69) is 10.1 Å². The van der Waals surface area contributed by atoms with E-state index in [0.717, 1.165) is 15.0 Å². The summed E-state index contributed by atoms with van der Waals surface area (Å²) < 4.78 is 5.74. The molecule has 0 atom stereocenters. The van der Waals surface area contributed by atoms with Crippen LogP contribution < -0.4 is 5.32 Å². The molecular weight excluding hydrogens is 362 g/mol. The molecule has 0 bridgehead atoms. The largest absolute Gasteiger partial charge is 0.478 e. The van der Waals surface area contributed by atoms with Crippen molar-refractivity contribution in [1.29, 1.82) is 0 Å². The van der Waals surface area contributed by atoms with Crippen LogP contribution in [-0.2, 0) is 11.3 Å². The number of halogens is 1. The molecule has 0 unspecified atom stereocenters. The lowest BCUT2D eigenvalue weighted by Crippen LogP contribution is -2.09. The van der Waals surface area contributed by atoms with Gasteiger partial charge in [0.05, 0.1) is 29.8 Å². The van der Waals surface area contributed by atoms with Crippen LogP contribution in [0.5, 0.6) is 0 Å². The predicted octanol–water partition coefficient (Wildman–Crippen LogP) is 4.65. The quantitative estimate of drug-likeness (QED) is 0.635. The number of aromatic carboxylic acids is 1. The van der Waals surface area contributed by atoms with E-state index in [1.165, 1.54) is 36.6 Å². The summed E-state index contributed by atoms with van der Waals surface area (Å²) in [6, 6.07) is 12.1. The number of ether oxygens (including phenoxy) is 1. The van der Waals surface area contributed by atoms with Crippen molar-refractivity contribution in [3.05, 3.63) is 63.5 Å². The van der Waals surface area contributed by atoms with Crippen molar-refractivity contribution >= 4 is 50.6 Å². The number of anilines is 1. The minimum atomic E-state index is -1.08. The Hall–Kier alpha value is -2.57. The van der Waals surface area contributed by atoms with E-state index < -0.39 is 11.9 Å². The van der Waals surface area contributed by atoms with E-state index in [1.807, 2.05) is 24.3 Å². The van der Waals surface area contributed by atoms with Crippen molar-refractivity contribution < 1.29 is 19.4 Å². The topological polar surface area (TPSA) is 75.6 Å². The van der Waals surface area contributed by atoms with E-state index in [-0.39, 0.29) is 11.1 Å². The van der Waals surface area contributed by atoms with Gasteiger partial charge in [0.25, 0.3) is 0 Å². The number of esters is 1. The number of carbonyl (C=O) groups excluding carboxylic acids is 1. The molecule has 0 saturated carbocycles. The SMILES string of the molecule is COC(=O)c1ccc(C(=O)O)c(NCc2sc3ccccc3c2Cl)c1. The first kappa shape index (κ1) is 17.3. The molecule has 7 heteroatoms. The first-order chi connectivity index (χ1) is 12.0. The lowest BCUT2D eigenvalue weighted by atomic mass is 10.1. The first-order valence-corrected chi connectivity index (χ1v) is 8.56. The van der Waals surface area contributed by atoms with Gasteiger partial charge in [0, 0.05) is 20.7 Å². The molecule has 0 radical (unpaired) electrons. The normalized spacial score (nSPS) is 10.6. The monoisotopic (exact) mass is 375 g/mol. The highest BCUT2D eigenvalue weighted by molar-refractivity contribution is 7.19. The number of carboxylic acid groups (broad SMARTS) is 1. The van der Waals surface area contributed by atoms with Crippen molar-refractivity contribution in [1.82, 2.24) is 0 Å². The van der Waals surface area contributed by atoms with Gasteiger partial charge in [-0.25, -0.2) is 9.59 Å². The van der Waals surface area contributed by atoms with Crippen LogP contribution in [0.25, 0.3) is 10.1 Å². The second-order valence-electron chi connectivity index (χ2n) is 5.25. The number of rotatable bonds is 5. The fourth-order valence-electron chi connectivity index (χ4n) is 2.48. The van der Waals surface area contributed by atoms with Crippen molar-refractivity contribution in [3.63, 3.8) is 0 Å². The van der Waals surface area contributed by atoms with Crippen molar-refractivity contribution in [2.24, 2.45) is 0 Å². The van der Waals surface area contributed by atoms with Crippen LogP contribution in [0.2, 0.25) is 5.02 Å². The summed E-state index contributed by atoms with van der Waals surface area (Å²) in [5.74, 6) is -1.61. The van der Waals surface area contributed by atoms with Gasteiger partial charge in [0.1, 0.15) is 0 Å². The zero-order valence-corrected chi connectivity index (χ0v) is 14.8. The fourth-order valence-corrected chi connectivity index (χ4v) is 3.92. The molecule has 128 valence electrons. The van der Waals surface area contributed by atoms with Crippen LogP contribution >= 0.6 is 22.9 Å². The highest BCUT2D eigenvalue weighted by atomic mass is 35.5. The van der Waals surface area contributed by atoms with Gasteiger partial charge < -0.3 is 15.2 Å². The highest BCUT2D eigenvalue weighted by Gasteiger charge is 2.16. The van der Waals surface area contributed by atoms with Gasteiger partial charge >= 0.3 is 11.9 Å². The summed E-state index contributed by atoms with van der Waals surface area (Å²) in [4.78, 5) is 24.0. The van der Waals surface area contributed by atoms with E-state index in [4.69, 9.17) is 11.6 Å². The minimum absolute atomic E-state index is 0.0740. The van der Waals surface area contributed by atoms with Gasteiger partial charge in [-0.1, -0.05) is 29.8 Å². The van der Waals surface area contributed by atoms with Gasteiger partial charge in [-0.05, 0) is 24.3 Å². The third kappa shape index (κ3) is 3.45. The molecule has 1 heterocycles. The summed E-state index contributed by atoms with van der Waals surface area (Å²) in [5, 5.41) is 14.0. The maximum absolute atomic E-state index is 11.7. The number of carbonyl (C=O) groups is 2.